The Morgan fingerprint density at radius 1 is 1.18 bits per heavy atom. The molecule has 0 aliphatic carbocycles. The molecular formula is C20H30Li2N3O7P. The SMILES string of the molecule is CCC[C@H](N=C([O-])[C@H](CC(C)C)N[P+]([O-])(O)CNC(=O)OCc1ccccc1)C(=O)[O-].[Li+].[Li+]. The molecule has 174 valence electrons. The average molecular weight is 469 g/mol. The first-order valence-corrected chi connectivity index (χ1v) is 11.9. The Morgan fingerprint density at radius 2 is 1.79 bits per heavy atom. The Morgan fingerprint density at radius 3 is 2.30 bits per heavy atom. The van der Waals surface area contributed by atoms with Gasteiger partial charge < -0.3 is 24.6 Å². The smallest absolute Gasteiger partial charge is 0.861 e. The first-order valence-electron chi connectivity index (χ1n) is 10.0. The minimum Gasteiger partial charge on any atom is -0.861 e. The van der Waals surface area contributed by atoms with Gasteiger partial charge in [-0.15, -0.1) is 0 Å². The molecule has 0 fully saturated rings. The van der Waals surface area contributed by atoms with Crippen molar-refractivity contribution in [3.05, 3.63) is 35.9 Å². The monoisotopic (exact) mass is 469 g/mol. The van der Waals surface area contributed by atoms with Gasteiger partial charge >= 0.3 is 43.8 Å². The molecule has 1 aromatic carbocycles. The third kappa shape index (κ3) is 14.7. The van der Waals surface area contributed by atoms with Crippen LogP contribution in [-0.4, -0.2) is 41.2 Å². The van der Waals surface area contributed by atoms with E-state index in [0.29, 0.717) is 6.42 Å². The molecule has 1 amide bonds. The Kier molecular flexibility index (Phi) is 18.0. The van der Waals surface area contributed by atoms with Gasteiger partial charge in [-0.3, -0.25) is 10.3 Å². The molecule has 10 nitrogen and oxygen atoms in total. The minimum atomic E-state index is -4.20. The molecule has 0 radical (unpaired) electrons. The Labute approximate surface area is 219 Å². The van der Waals surface area contributed by atoms with E-state index in [2.05, 4.69) is 15.4 Å². The van der Waals surface area contributed by atoms with Crippen LogP contribution in [0.4, 0.5) is 4.79 Å². The van der Waals surface area contributed by atoms with Crippen LogP contribution in [0, 0.1) is 5.92 Å². The topological polar surface area (TPSA) is 169 Å². The molecule has 3 atom stereocenters. The molecule has 0 saturated heterocycles. The summed E-state index contributed by atoms with van der Waals surface area (Å²) in [5.74, 6) is -2.38. The van der Waals surface area contributed by atoms with Crippen molar-refractivity contribution in [3.8, 4) is 0 Å². The van der Waals surface area contributed by atoms with Gasteiger partial charge in [0.25, 0.3) is 0 Å². The second-order valence-electron chi connectivity index (χ2n) is 7.50. The van der Waals surface area contributed by atoms with Crippen LogP contribution >= 0.6 is 7.87 Å². The van der Waals surface area contributed by atoms with E-state index in [1.165, 1.54) is 0 Å². The van der Waals surface area contributed by atoms with E-state index >= 15 is 0 Å². The summed E-state index contributed by atoms with van der Waals surface area (Å²) < 4.78 is 4.98. The summed E-state index contributed by atoms with van der Waals surface area (Å²) >= 11 is 0. The Balaban J connectivity index is 0. The molecule has 1 rings (SSSR count). The normalized spacial score (nSPS) is 14.8. The standard InChI is InChI=1S/C20H32N3O7P.2Li/c1-4-8-16(19(25)26)22-18(24)17(11-14(2)3)23-31(28,29)13-21-20(27)30-12-15-9-6-5-7-10-15;;/h5-7,9-10,14,16-17H,4,8,11-13H2,1-3H3,(H,21,27)(H,22,24)(H,25,26)(H2,23,28,29);;/q;2*+1/p-2/t16-,17-;;/m0../s1. The van der Waals surface area contributed by atoms with Crippen LogP contribution in [0.5, 0.6) is 0 Å². The molecule has 1 aromatic rings. The van der Waals surface area contributed by atoms with E-state index in [-0.39, 0.29) is 63.1 Å². The van der Waals surface area contributed by atoms with Gasteiger partial charge in [0.2, 0.25) is 0 Å². The maximum absolute atomic E-state index is 12.5. The van der Waals surface area contributed by atoms with E-state index in [9.17, 15) is 29.6 Å². The van der Waals surface area contributed by atoms with Crippen molar-refractivity contribution in [3.63, 3.8) is 0 Å². The van der Waals surface area contributed by atoms with Gasteiger partial charge in [-0.05, 0) is 30.2 Å². The number of benzene rings is 1. The van der Waals surface area contributed by atoms with Crippen molar-refractivity contribution in [1.82, 2.24) is 10.4 Å². The number of aliphatic imine (C=N–C) groups is 1. The summed E-state index contributed by atoms with van der Waals surface area (Å²) in [7, 11) is -4.20. The second-order valence-corrected chi connectivity index (χ2v) is 9.48. The third-order valence-electron chi connectivity index (χ3n) is 4.13. The Hall–Kier alpha value is -1.07. The van der Waals surface area contributed by atoms with Gasteiger partial charge in [0, 0.05) is 0 Å². The number of nitrogens with zero attached hydrogens (tertiary/aromatic N) is 1. The summed E-state index contributed by atoms with van der Waals surface area (Å²) in [6.45, 7) is 5.33. The molecule has 13 heteroatoms. The molecule has 3 N–H and O–H groups in total. The Bertz CT molecular complexity index is 740. The predicted octanol–water partition coefficient (Wildman–Crippen LogP) is -6.32. The number of aliphatic carboxylic acids is 1. The molecule has 0 aliphatic rings. The number of hydrogen-bond donors (Lipinski definition) is 3. The fraction of sp³-hybridized carbons (Fsp3) is 0.550. The predicted molar refractivity (Wildman–Crippen MR) is 111 cm³/mol. The molecule has 0 aliphatic heterocycles. The number of hydrogen-bond acceptors (Lipinski definition) is 9. The van der Waals surface area contributed by atoms with Crippen LogP contribution in [0.2, 0.25) is 0 Å². The van der Waals surface area contributed by atoms with Crippen LogP contribution in [-0.2, 0) is 16.1 Å². The fourth-order valence-electron chi connectivity index (χ4n) is 2.67. The number of carbonyl (C=O) groups excluding carboxylic acids is 2. The van der Waals surface area contributed by atoms with Crippen molar-refractivity contribution in [1.29, 1.82) is 0 Å². The van der Waals surface area contributed by atoms with Crippen LogP contribution in [0.25, 0.3) is 0 Å². The molecule has 1 unspecified atom stereocenters. The van der Waals surface area contributed by atoms with E-state index in [1.807, 2.05) is 6.07 Å². The van der Waals surface area contributed by atoms with Crippen molar-refractivity contribution < 1.29 is 72.0 Å². The quantitative estimate of drug-likeness (QED) is 0.111. The zero-order chi connectivity index (χ0) is 23.4. The van der Waals surface area contributed by atoms with Crippen molar-refractivity contribution in [2.45, 2.75) is 58.7 Å². The molecular weight excluding hydrogens is 439 g/mol. The number of carboxylic acids is 1. The second kappa shape index (κ2) is 17.4. The summed E-state index contributed by atoms with van der Waals surface area (Å²) in [6, 6.07) is 6.40. The number of amides is 1. The van der Waals surface area contributed by atoms with Crippen LogP contribution < -0.4 is 63.2 Å². The summed E-state index contributed by atoms with van der Waals surface area (Å²) in [6.07, 6.45) is -0.825. The molecule has 33 heavy (non-hydrogen) atoms. The van der Waals surface area contributed by atoms with E-state index in [1.54, 1.807) is 45.0 Å². The van der Waals surface area contributed by atoms with Crippen molar-refractivity contribution >= 4 is 25.8 Å². The fourth-order valence-corrected chi connectivity index (χ4v) is 3.80. The maximum Gasteiger partial charge on any atom is 1.00 e. The number of carbonyl (C=O) groups is 2. The molecule has 0 bridgehead atoms. The van der Waals surface area contributed by atoms with Crippen LogP contribution in [0.1, 0.15) is 45.6 Å². The van der Waals surface area contributed by atoms with Crippen molar-refractivity contribution in [2.75, 3.05) is 6.29 Å². The zero-order valence-corrected chi connectivity index (χ0v) is 20.8. The number of carboxylic acid groups (broad SMARTS) is 1. The molecule has 0 saturated carbocycles. The van der Waals surface area contributed by atoms with E-state index in [4.69, 9.17) is 4.74 Å². The van der Waals surface area contributed by atoms with Gasteiger partial charge in [0.1, 0.15) is 6.61 Å². The van der Waals surface area contributed by atoms with Crippen LogP contribution in [0.15, 0.2) is 35.3 Å². The van der Waals surface area contributed by atoms with E-state index in [0.717, 1.165) is 5.56 Å². The first kappa shape index (κ1) is 34.1. The van der Waals surface area contributed by atoms with E-state index < -0.39 is 44.2 Å². The van der Waals surface area contributed by atoms with Gasteiger partial charge in [-0.1, -0.05) is 57.5 Å². The summed E-state index contributed by atoms with van der Waals surface area (Å²) in [4.78, 5) is 49.3. The molecule has 0 spiro atoms. The summed E-state index contributed by atoms with van der Waals surface area (Å²) in [5, 5.41) is 28.1. The van der Waals surface area contributed by atoms with Gasteiger partial charge in [0.05, 0.1) is 18.1 Å². The number of nitrogens with one attached hydrogen (secondary N) is 2. The zero-order valence-electron chi connectivity index (χ0n) is 19.9. The van der Waals surface area contributed by atoms with Gasteiger partial charge in [-0.2, -0.15) is 5.09 Å². The number of rotatable bonds is 13. The molecule has 0 aromatic heterocycles. The number of alkyl carbamates (subject to hydrolysis) is 1. The third-order valence-corrected chi connectivity index (χ3v) is 5.43. The van der Waals surface area contributed by atoms with Gasteiger partial charge in [0.15, 0.2) is 14.2 Å². The number of ether oxygens (including phenoxy) is 1. The minimum absolute atomic E-state index is 0. The summed E-state index contributed by atoms with van der Waals surface area (Å²) in [5.41, 5.74) is 0.752. The first-order chi connectivity index (χ1) is 14.5. The van der Waals surface area contributed by atoms with Crippen LogP contribution in [0.3, 0.4) is 0 Å². The maximum atomic E-state index is 12.5. The van der Waals surface area contributed by atoms with Gasteiger partial charge in [-0.25, -0.2) is 9.69 Å². The largest absolute Gasteiger partial charge is 1.00 e. The average Bonchev–Trinajstić information content (AvgIpc) is 2.70. The van der Waals surface area contributed by atoms with Crippen molar-refractivity contribution in [2.24, 2.45) is 10.9 Å². The molecule has 0 heterocycles.